The van der Waals surface area contributed by atoms with Crippen LogP contribution >= 0.6 is 0 Å². The summed E-state index contributed by atoms with van der Waals surface area (Å²) in [6.45, 7) is 7.90. The van der Waals surface area contributed by atoms with Crippen LogP contribution in [0.1, 0.15) is 33.3 Å². The SMILES string of the molecule is CC1(C)OB(c2ccc(F)c(CON)c2)OC1(C)C. The van der Waals surface area contributed by atoms with Gasteiger partial charge in [0.05, 0.1) is 17.8 Å². The molecule has 2 N–H and O–H groups in total. The average Bonchev–Trinajstić information content (AvgIpc) is 2.51. The van der Waals surface area contributed by atoms with Crippen LogP contribution in [0.25, 0.3) is 0 Å². The number of nitrogens with two attached hydrogens (primary N) is 1. The molecule has 0 saturated carbocycles. The van der Waals surface area contributed by atoms with E-state index in [1.165, 1.54) is 6.07 Å². The van der Waals surface area contributed by atoms with Gasteiger partial charge in [0.2, 0.25) is 0 Å². The molecule has 1 aromatic carbocycles. The number of hydrogen-bond acceptors (Lipinski definition) is 4. The van der Waals surface area contributed by atoms with Crippen molar-refractivity contribution in [3.8, 4) is 0 Å². The maximum Gasteiger partial charge on any atom is 0.494 e. The van der Waals surface area contributed by atoms with Crippen LogP contribution in [0, 0.1) is 5.82 Å². The highest BCUT2D eigenvalue weighted by Crippen LogP contribution is 2.36. The van der Waals surface area contributed by atoms with E-state index in [9.17, 15) is 4.39 Å². The Kier molecular flexibility index (Phi) is 3.70. The number of benzene rings is 1. The molecule has 0 unspecified atom stereocenters. The molecule has 1 heterocycles. The van der Waals surface area contributed by atoms with E-state index in [0.717, 1.165) is 5.46 Å². The first-order valence-electron chi connectivity index (χ1n) is 6.22. The van der Waals surface area contributed by atoms with Crippen molar-refractivity contribution in [2.24, 2.45) is 5.90 Å². The largest absolute Gasteiger partial charge is 0.494 e. The van der Waals surface area contributed by atoms with E-state index in [-0.39, 0.29) is 12.4 Å². The zero-order chi connectivity index (χ0) is 14.3. The summed E-state index contributed by atoms with van der Waals surface area (Å²) in [5.41, 5.74) is 0.300. The summed E-state index contributed by atoms with van der Waals surface area (Å²) in [4.78, 5) is 4.49. The van der Waals surface area contributed by atoms with E-state index in [2.05, 4.69) is 4.84 Å². The van der Waals surface area contributed by atoms with E-state index in [0.29, 0.717) is 5.56 Å². The summed E-state index contributed by atoms with van der Waals surface area (Å²) in [6.07, 6.45) is 0. The Morgan fingerprint density at radius 1 is 1.21 bits per heavy atom. The minimum atomic E-state index is -0.512. The molecular weight excluding hydrogens is 248 g/mol. The van der Waals surface area contributed by atoms with Gasteiger partial charge < -0.3 is 9.31 Å². The second-order valence-electron chi connectivity index (χ2n) is 5.75. The van der Waals surface area contributed by atoms with Gasteiger partial charge in [-0.1, -0.05) is 12.1 Å². The van der Waals surface area contributed by atoms with Crippen molar-refractivity contribution in [2.75, 3.05) is 0 Å². The lowest BCUT2D eigenvalue weighted by Gasteiger charge is -2.32. The number of hydrogen-bond donors (Lipinski definition) is 1. The minimum Gasteiger partial charge on any atom is -0.399 e. The third-order valence-electron chi connectivity index (χ3n) is 3.83. The molecule has 0 radical (unpaired) electrons. The first kappa shape index (κ1) is 14.5. The summed E-state index contributed by atoms with van der Waals surface area (Å²) in [5.74, 6) is 4.63. The molecular formula is C13H19BFNO3. The van der Waals surface area contributed by atoms with Crippen molar-refractivity contribution in [1.29, 1.82) is 0 Å². The Labute approximate surface area is 113 Å². The van der Waals surface area contributed by atoms with Gasteiger partial charge >= 0.3 is 7.12 Å². The van der Waals surface area contributed by atoms with Crippen LogP contribution in [0.15, 0.2) is 18.2 Å². The summed E-state index contributed by atoms with van der Waals surface area (Å²) in [6, 6.07) is 4.68. The number of halogens is 1. The van der Waals surface area contributed by atoms with E-state index < -0.39 is 18.3 Å². The highest BCUT2D eigenvalue weighted by atomic mass is 19.1. The third-order valence-corrected chi connectivity index (χ3v) is 3.83. The number of rotatable bonds is 3. The maximum atomic E-state index is 13.5. The van der Waals surface area contributed by atoms with Gasteiger partial charge in [0.1, 0.15) is 5.82 Å². The van der Waals surface area contributed by atoms with Gasteiger partial charge in [-0.3, -0.25) is 4.84 Å². The van der Waals surface area contributed by atoms with Crippen LogP contribution in [0.4, 0.5) is 4.39 Å². The topological polar surface area (TPSA) is 53.7 Å². The molecule has 1 aliphatic rings. The van der Waals surface area contributed by atoms with Crippen molar-refractivity contribution in [3.63, 3.8) is 0 Å². The fourth-order valence-corrected chi connectivity index (χ4v) is 1.92. The van der Waals surface area contributed by atoms with Crippen molar-refractivity contribution >= 4 is 12.6 Å². The molecule has 0 aliphatic carbocycles. The molecule has 1 aromatic rings. The highest BCUT2D eigenvalue weighted by Gasteiger charge is 2.51. The zero-order valence-corrected chi connectivity index (χ0v) is 11.7. The van der Waals surface area contributed by atoms with Crippen LogP contribution in [0.3, 0.4) is 0 Å². The smallest absolute Gasteiger partial charge is 0.399 e. The highest BCUT2D eigenvalue weighted by molar-refractivity contribution is 6.62. The Morgan fingerprint density at radius 3 is 2.32 bits per heavy atom. The maximum absolute atomic E-state index is 13.5. The second kappa shape index (κ2) is 4.87. The molecule has 0 amide bonds. The Bertz CT molecular complexity index is 463. The summed E-state index contributed by atoms with van der Waals surface area (Å²) in [7, 11) is -0.512. The fraction of sp³-hybridized carbons (Fsp3) is 0.538. The van der Waals surface area contributed by atoms with E-state index in [1.54, 1.807) is 12.1 Å². The Balaban J connectivity index is 2.27. The first-order chi connectivity index (χ1) is 8.77. The van der Waals surface area contributed by atoms with Gasteiger partial charge in [-0.05, 0) is 39.2 Å². The molecule has 0 spiro atoms. The molecule has 1 aliphatic heterocycles. The monoisotopic (exact) mass is 267 g/mol. The van der Waals surface area contributed by atoms with Crippen molar-refractivity contribution in [1.82, 2.24) is 0 Å². The molecule has 19 heavy (non-hydrogen) atoms. The van der Waals surface area contributed by atoms with E-state index >= 15 is 0 Å². The lowest BCUT2D eigenvalue weighted by atomic mass is 9.78. The zero-order valence-electron chi connectivity index (χ0n) is 11.7. The van der Waals surface area contributed by atoms with Crippen molar-refractivity contribution < 1.29 is 18.5 Å². The summed E-state index contributed by atoms with van der Waals surface area (Å²) < 4.78 is 25.3. The van der Waals surface area contributed by atoms with Crippen LogP contribution in [-0.2, 0) is 20.8 Å². The van der Waals surface area contributed by atoms with Crippen molar-refractivity contribution in [3.05, 3.63) is 29.6 Å². The predicted molar refractivity (Wildman–Crippen MR) is 71.1 cm³/mol. The quantitative estimate of drug-likeness (QED) is 0.666. The minimum absolute atomic E-state index is 0.0131. The molecule has 1 fully saturated rings. The van der Waals surface area contributed by atoms with Crippen LogP contribution in [0.2, 0.25) is 0 Å². The summed E-state index contributed by atoms with van der Waals surface area (Å²) in [5, 5.41) is 0. The molecule has 0 bridgehead atoms. The van der Waals surface area contributed by atoms with Crippen LogP contribution < -0.4 is 11.4 Å². The predicted octanol–water partition coefficient (Wildman–Crippen LogP) is 1.52. The third kappa shape index (κ3) is 2.67. The second-order valence-corrected chi connectivity index (χ2v) is 5.75. The molecule has 0 aromatic heterocycles. The van der Waals surface area contributed by atoms with Gasteiger partial charge in [0.25, 0.3) is 0 Å². The standard InChI is InChI=1S/C13H19BFNO3/c1-12(2)13(3,4)19-14(18-12)10-5-6-11(15)9(7-10)8-17-16/h5-7H,8,16H2,1-4H3. The Morgan fingerprint density at radius 2 is 1.79 bits per heavy atom. The molecule has 4 nitrogen and oxygen atoms in total. The van der Waals surface area contributed by atoms with E-state index in [4.69, 9.17) is 15.2 Å². The lowest BCUT2D eigenvalue weighted by Crippen LogP contribution is -2.41. The fourth-order valence-electron chi connectivity index (χ4n) is 1.92. The van der Waals surface area contributed by atoms with Gasteiger partial charge in [0.15, 0.2) is 0 Å². The van der Waals surface area contributed by atoms with Crippen LogP contribution in [0.5, 0.6) is 0 Å². The average molecular weight is 267 g/mol. The van der Waals surface area contributed by atoms with Crippen LogP contribution in [-0.4, -0.2) is 18.3 Å². The molecule has 1 saturated heterocycles. The van der Waals surface area contributed by atoms with Gasteiger partial charge in [-0.25, -0.2) is 10.3 Å². The van der Waals surface area contributed by atoms with Crippen molar-refractivity contribution in [2.45, 2.75) is 45.5 Å². The molecule has 0 atom stereocenters. The van der Waals surface area contributed by atoms with E-state index in [1.807, 2.05) is 27.7 Å². The lowest BCUT2D eigenvalue weighted by molar-refractivity contribution is 0.00578. The molecule has 2 rings (SSSR count). The summed E-state index contributed by atoms with van der Waals surface area (Å²) >= 11 is 0. The molecule has 6 heteroatoms. The first-order valence-corrected chi connectivity index (χ1v) is 6.22. The molecule has 104 valence electrons. The van der Waals surface area contributed by atoms with Gasteiger partial charge in [-0.15, -0.1) is 0 Å². The van der Waals surface area contributed by atoms with Gasteiger partial charge in [0, 0.05) is 5.56 Å². The Hall–Kier alpha value is -0.945. The normalized spacial score (nSPS) is 20.8. The van der Waals surface area contributed by atoms with Gasteiger partial charge in [-0.2, -0.15) is 0 Å².